The van der Waals surface area contributed by atoms with Crippen LogP contribution >= 0.6 is 0 Å². The lowest BCUT2D eigenvalue weighted by atomic mass is 10.4. The van der Waals surface area contributed by atoms with Crippen molar-refractivity contribution in [3.8, 4) is 11.8 Å². The van der Waals surface area contributed by atoms with Crippen LogP contribution in [0.25, 0.3) is 0 Å². The maximum atomic E-state index is 11.2. The van der Waals surface area contributed by atoms with Crippen LogP contribution in [0.3, 0.4) is 0 Å². The quantitative estimate of drug-likeness (QED) is 0.550. The Bertz CT molecular complexity index is 319. The van der Waals surface area contributed by atoms with Gasteiger partial charge >= 0.3 is 0 Å². The highest BCUT2D eigenvalue weighted by Gasteiger charge is 2.06. The summed E-state index contributed by atoms with van der Waals surface area (Å²) in [6, 6.07) is 0. The van der Waals surface area contributed by atoms with Gasteiger partial charge in [0, 0.05) is 13.0 Å². The van der Waals surface area contributed by atoms with E-state index in [0.717, 1.165) is 0 Å². The molecule has 0 fully saturated rings. The molecule has 0 unspecified atom stereocenters. The lowest BCUT2D eigenvalue weighted by Gasteiger charge is -1.97. The molecule has 1 N–H and O–H groups in total. The van der Waals surface area contributed by atoms with Crippen LogP contribution in [0.4, 0.5) is 0 Å². The standard InChI is InChI=1S/C9H10N2O2/c1-2-3-4-5-11-9(12)8-6-10-7-13-8/h6-7H,4-5H2,1H3,(H,11,12). The van der Waals surface area contributed by atoms with E-state index in [0.29, 0.717) is 13.0 Å². The zero-order chi connectivity index (χ0) is 9.52. The normalized spacial score (nSPS) is 8.69. The summed E-state index contributed by atoms with van der Waals surface area (Å²) in [5, 5.41) is 2.64. The van der Waals surface area contributed by atoms with Crippen molar-refractivity contribution in [1.82, 2.24) is 10.3 Å². The highest BCUT2D eigenvalue weighted by Crippen LogP contribution is 1.94. The molecular weight excluding hydrogens is 168 g/mol. The van der Waals surface area contributed by atoms with Gasteiger partial charge in [-0.25, -0.2) is 4.98 Å². The Morgan fingerprint density at radius 2 is 2.62 bits per heavy atom. The number of nitrogens with one attached hydrogen (secondary N) is 1. The summed E-state index contributed by atoms with van der Waals surface area (Å²) in [7, 11) is 0. The molecule has 0 atom stereocenters. The van der Waals surface area contributed by atoms with Gasteiger partial charge in [-0.3, -0.25) is 4.79 Å². The molecule has 0 saturated heterocycles. The smallest absolute Gasteiger partial charge is 0.288 e. The van der Waals surface area contributed by atoms with Crippen LogP contribution in [0.2, 0.25) is 0 Å². The van der Waals surface area contributed by atoms with Crippen molar-refractivity contribution in [2.45, 2.75) is 13.3 Å². The minimum atomic E-state index is -0.254. The fourth-order valence-electron chi connectivity index (χ4n) is 0.779. The number of aromatic nitrogens is 1. The predicted molar refractivity (Wildman–Crippen MR) is 46.9 cm³/mol. The topological polar surface area (TPSA) is 55.1 Å². The first-order valence-electron chi connectivity index (χ1n) is 3.91. The molecular formula is C9H10N2O2. The number of carbonyl (C=O) groups excluding carboxylic acids is 1. The van der Waals surface area contributed by atoms with Crippen LogP contribution in [0.5, 0.6) is 0 Å². The van der Waals surface area contributed by atoms with E-state index in [1.807, 2.05) is 0 Å². The number of oxazole rings is 1. The summed E-state index contributed by atoms with van der Waals surface area (Å²) in [5.74, 6) is 5.55. The zero-order valence-electron chi connectivity index (χ0n) is 7.33. The maximum absolute atomic E-state index is 11.2. The van der Waals surface area contributed by atoms with E-state index in [2.05, 4.69) is 22.1 Å². The van der Waals surface area contributed by atoms with Crippen LogP contribution in [0, 0.1) is 11.8 Å². The summed E-state index contributed by atoms with van der Waals surface area (Å²) >= 11 is 0. The van der Waals surface area contributed by atoms with E-state index in [9.17, 15) is 4.79 Å². The fraction of sp³-hybridized carbons (Fsp3) is 0.333. The highest BCUT2D eigenvalue weighted by atomic mass is 16.3. The van der Waals surface area contributed by atoms with E-state index in [1.54, 1.807) is 6.92 Å². The minimum Gasteiger partial charge on any atom is -0.438 e. The molecule has 68 valence electrons. The molecule has 1 aromatic rings. The molecule has 1 amide bonds. The van der Waals surface area contributed by atoms with Gasteiger partial charge in [-0.2, -0.15) is 0 Å². The number of hydrogen-bond donors (Lipinski definition) is 1. The Morgan fingerprint density at radius 1 is 1.77 bits per heavy atom. The van der Waals surface area contributed by atoms with Crippen molar-refractivity contribution >= 4 is 5.91 Å². The second-order valence-electron chi connectivity index (χ2n) is 2.30. The molecule has 0 saturated carbocycles. The summed E-state index contributed by atoms with van der Waals surface area (Å²) in [4.78, 5) is 14.8. The Hall–Kier alpha value is -1.76. The van der Waals surface area contributed by atoms with Gasteiger partial charge in [-0.05, 0) is 6.92 Å². The number of nitrogens with zero attached hydrogens (tertiary/aromatic N) is 1. The molecule has 0 aliphatic rings. The van der Waals surface area contributed by atoms with E-state index in [-0.39, 0.29) is 11.7 Å². The summed E-state index contributed by atoms with van der Waals surface area (Å²) in [6.07, 6.45) is 3.25. The Balaban J connectivity index is 2.29. The van der Waals surface area contributed by atoms with Crippen LogP contribution in [-0.2, 0) is 0 Å². The van der Waals surface area contributed by atoms with Crippen molar-refractivity contribution in [3.63, 3.8) is 0 Å². The third-order valence-corrected chi connectivity index (χ3v) is 1.37. The first-order valence-corrected chi connectivity index (χ1v) is 3.91. The molecule has 13 heavy (non-hydrogen) atoms. The second-order valence-corrected chi connectivity index (χ2v) is 2.30. The monoisotopic (exact) mass is 178 g/mol. The largest absolute Gasteiger partial charge is 0.438 e. The summed E-state index contributed by atoms with van der Waals surface area (Å²) < 4.78 is 4.79. The lowest BCUT2D eigenvalue weighted by Crippen LogP contribution is -2.23. The first kappa shape index (κ1) is 9.33. The van der Waals surface area contributed by atoms with E-state index in [1.165, 1.54) is 12.6 Å². The first-order chi connectivity index (χ1) is 6.34. The van der Waals surface area contributed by atoms with Crippen molar-refractivity contribution < 1.29 is 9.21 Å². The number of carbonyl (C=O) groups is 1. The molecule has 0 spiro atoms. The van der Waals surface area contributed by atoms with Crippen molar-refractivity contribution in [1.29, 1.82) is 0 Å². The Labute approximate surface area is 76.3 Å². The molecule has 1 aromatic heterocycles. The molecule has 0 aromatic carbocycles. The molecule has 4 heteroatoms. The predicted octanol–water partition coefficient (Wildman–Crippen LogP) is 0.818. The van der Waals surface area contributed by atoms with Crippen LogP contribution in [-0.4, -0.2) is 17.4 Å². The second kappa shape index (κ2) is 4.99. The Morgan fingerprint density at radius 3 is 3.23 bits per heavy atom. The molecule has 0 bridgehead atoms. The number of hydrogen-bond acceptors (Lipinski definition) is 3. The highest BCUT2D eigenvalue weighted by molar-refractivity contribution is 5.90. The van der Waals surface area contributed by atoms with Crippen LogP contribution < -0.4 is 5.32 Å². The minimum absolute atomic E-state index is 0.226. The van der Waals surface area contributed by atoms with Gasteiger partial charge in [0.15, 0.2) is 6.39 Å². The zero-order valence-corrected chi connectivity index (χ0v) is 7.33. The molecule has 0 aliphatic heterocycles. The SMILES string of the molecule is CC#CCCNC(=O)c1cnco1. The van der Waals surface area contributed by atoms with Gasteiger partial charge < -0.3 is 9.73 Å². The number of rotatable bonds is 3. The maximum Gasteiger partial charge on any atom is 0.288 e. The van der Waals surface area contributed by atoms with Gasteiger partial charge in [-0.15, -0.1) is 11.8 Å². The van der Waals surface area contributed by atoms with Crippen molar-refractivity contribution in [3.05, 3.63) is 18.4 Å². The van der Waals surface area contributed by atoms with Gasteiger partial charge in [0.25, 0.3) is 5.91 Å². The third-order valence-electron chi connectivity index (χ3n) is 1.37. The van der Waals surface area contributed by atoms with Gasteiger partial charge in [0.1, 0.15) is 0 Å². The van der Waals surface area contributed by atoms with E-state index in [4.69, 9.17) is 4.42 Å². The fourth-order valence-corrected chi connectivity index (χ4v) is 0.779. The Kier molecular flexibility index (Phi) is 3.58. The van der Waals surface area contributed by atoms with Gasteiger partial charge in [0.05, 0.1) is 6.20 Å². The summed E-state index contributed by atoms with van der Waals surface area (Å²) in [5.41, 5.74) is 0. The van der Waals surface area contributed by atoms with Crippen molar-refractivity contribution in [2.24, 2.45) is 0 Å². The van der Waals surface area contributed by atoms with Gasteiger partial charge in [0.2, 0.25) is 5.76 Å². The average Bonchev–Trinajstić information content (AvgIpc) is 2.65. The average molecular weight is 178 g/mol. The van der Waals surface area contributed by atoms with E-state index < -0.39 is 0 Å². The van der Waals surface area contributed by atoms with Crippen LogP contribution in [0.1, 0.15) is 23.9 Å². The molecule has 0 aliphatic carbocycles. The summed E-state index contributed by atoms with van der Waals surface area (Å²) in [6.45, 7) is 2.29. The molecule has 1 rings (SSSR count). The molecule has 1 heterocycles. The molecule has 0 radical (unpaired) electrons. The number of amides is 1. The molecule has 4 nitrogen and oxygen atoms in total. The van der Waals surface area contributed by atoms with Crippen molar-refractivity contribution in [2.75, 3.05) is 6.54 Å². The van der Waals surface area contributed by atoms with Gasteiger partial charge in [-0.1, -0.05) is 0 Å². The van der Waals surface area contributed by atoms with Crippen LogP contribution in [0.15, 0.2) is 17.0 Å². The lowest BCUT2D eigenvalue weighted by molar-refractivity contribution is 0.0927. The van der Waals surface area contributed by atoms with E-state index >= 15 is 0 Å². The third kappa shape index (κ3) is 2.99.